The molecule has 0 heterocycles. The van der Waals surface area contributed by atoms with Gasteiger partial charge in [-0.3, -0.25) is 4.79 Å². The fourth-order valence-corrected chi connectivity index (χ4v) is 14.6. The molecule has 0 N–H and O–H groups in total. The second-order valence-electron chi connectivity index (χ2n) is 24.2. The van der Waals surface area contributed by atoms with Gasteiger partial charge >= 0.3 is 0 Å². The monoisotopic (exact) mass is 1000 g/mol. The van der Waals surface area contributed by atoms with Crippen LogP contribution in [0.5, 0.6) is 0 Å². The molecule has 0 aliphatic heterocycles. The smallest absolute Gasteiger partial charge is 0.194 e. The highest BCUT2D eigenvalue weighted by molar-refractivity contribution is 6.25. The summed E-state index contributed by atoms with van der Waals surface area (Å²) in [6.07, 6.45) is 0. The third kappa shape index (κ3) is 6.30. The highest BCUT2D eigenvalue weighted by Gasteiger charge is 2.45. The zero-order valence-electron chi connectivity index (χ0n) is 45.9. The van der Waals surface area contributed by atoms with Gasteiger partial charge in [0.2, 0.25) is 0 Å². The van der Waals surface area contributed by atoms with Crippen LogP contribution in [0.15, 0.2) is 200 Å². The first-order valence-corrected chi connectivity index (χ1v) is 27.7. The van der Waals surface area contributed by atoms with Crippen molar-refractivity contribution in [3.63, 3.8) is 0 Å². The fourth-order valence-electron chi connectivity index (χ4n) is 14.6. The molecule has 0 aromatic heterocycles. The van der Waals surface area contributed by atoms with E-state index in [4.69, 9.17) is 0 Å². The SMILES string of the molecule is Cc1ccc(N(c2ccc3c(c2)C(=O)c2cc(N(C)c4ccc(C)cc4-c4ccc5c(c4)C(C)(C)c4ccc6ccccc6c4-5)c4c(c2-3)C(C)(C)c2ccccc2-4)c2ccc3c(c2)C(C)(C)c2ccc4ccccc4c2-3)cc1. The van der Waals surface area contributed by atoms with Crippen molar-refractivity contribution in [2.24, 2.45) is 0 Å². The molecule has 11 aromatic carbocycles. The molecule has 4 aliphatic carbocycles. The lowest BCUT2D eigenvalue weighted by atomic mass is 9.78. The van der Waals surface area contributed by atoms with Crippen LogP contribution in [0, 0.1) is 13.8 Å². The molecule has 0 spiro atoms. The normalized spacial score (nSPS) is 15.1. The van der Waals surface area contributed by atoms with E-state index >= 15 is 4.79 Å². The Labute approximate surface area is 458 Å². The molecule has 78 heavy (non-hydrogen) atoms. The predicted octanol–water partition coefficient (Wildman–Crippen LogP) is 19.6. The van der Waals surface area contributed by atoms with E-state index in [9.17, 15) is 0 Å². The fraction of sp³-hybridized carbons (Fsp3) is 0.160. The summed E-state index contributed by atoms with van der Waals surface area (Å²) in [5, 5.41) is 5.12. The Bertz CT molecular complexity index is 4470. The molecular weight excluding hydrogens is 945 g/mol. The number of rotatable bonds is 6. The summed E-state index contributed by atoms with van der Waals surface area (Å²) in [5.41, 5.74) is 28.2. The Balaban J connectivity index is 0.874. The second kappa shape index (κ2) is 16.1. The summed E-state index contributed by atoms with van der Waals surface area (Å²) in [6, 6.07) is 74.2. The molecular formula is C75H60N2O. The summed E-state index contributed by atoms with van der Waals surface area (Å²) in [4.78, 5) is 20.4. The molecule has 376 valence electrons. The topological polar surface area (TPSA) is 23.6 Å². The Morgan fingerprint density at radius 1 is 0.346 bits per heavy atom. The molecule has 0 fully saturated rings. The number of carbonyl (C=O) groups excluding carboxylic acids is 1. The van der Waals surface area contributed by atoms with Crippen LogP contribution in [0.1, 0.15) is 102 Å². The largest absolute Gasteiger partial charge is 0.344 e. The van der Waals surface area contributed by atoms with Gasteiger partial charge in [-0.15, -0.1) is 0 Å². The van der Waals surface area contributed by atoms with E-state index < -0.39 is 0 Å². The zero-order chi connectivity index (χ0) is 53.3. The minimum Gasteiger partial charge on any atom is -0.344 e. The number of fused-ring (bicyclic) bond motifs is 17. The molecule has 0 amide bonds. The highest BCUT2D eigenvalue weighted by atomic mass is 16.1. The van der Waals surface area contributed by atoms with Crippen molar-refractivity contribution in [2.45, 2.75) is 71.6 Å². The first-order valence-electron chi connectivity index (χ1n) is 27.7. The van der Waals surface area contributed by atoms with Gasteiger partial charge in [-0.05, 0) is 174 Å². The lowest BCUT2D eigenvalue weighted by Gasteiger charge is -2.30. The number of hydrogen-bond acceptors (Lipinski definition) is 3. The number of nitrogens with zero attached hydrogens (tertiary/aromatic N) is 2. The lowest BCUT2D eigenvalue weighted by Crippen LogP contribution is -2.18. The quantitative estimate of drug-likeness (QED) is 0.166. The first-order chi connectivity index (χ1) is 37.6. The van der Waals surface area contributed by atoms with Gasteiger partial charge in [-0.25, -0.2) is 0 Å². The van der Waals surface area contributed by atoms with Gasteiger partial charge in [0.25, 0.3) is 0 Å². The Hall–Kier alpha value is -8.79. The lowest BCUT2D eigenvalue weighted by molar-refractivity contribution is 0.104. The average Bonchev–Trinajstić information content (AvgIpc) is 3.63. The van der Waals surface area contributed by atoms with Crippen molar-refractivity contribution in [1.82, 2.24) is 0 Å². The maximum Gasteiger partial charge on any atom is 0.194 e. The molecule has 3 nitrogen and oxygen atoms in total. The Morgan fingerprint density at radius 2 is 0.897 bits per heavy atom. The van der Waals surface area contributed by atoms with E-state index in [-0.39, 0.29) is 22.0 Å². The van der Waals surface area contributed by atoms with Crippen molar-refractivity contribution < 1.29 is 4.79 Å². The summed E-state index contributed by atoms with van der Waals surface area (Å²) in [7, 11) is 2.20. The van der Waals surface area contributed by atoms with Crippen LogP contribution in [0.3, 0.4) is 0 Å². The number of carbonyl (C=O) groups is 1. The van der Waals surface area contributed by atoms with Crippen molar-refractivity contribution in [1.29, 1.82) is 0 Å². The Morgan fingerprint density at radius 3 is 1.58 bits per heavy atom. The van der Waals surface area contributed by atoms with E-state index in [1.54, 1.807) is 0 Å². The molecule has 0 saturated heterocycles. The molecule has 0 saturated carbocycles. The minimum atomic E-state index is -0.387. The summed E-state index contributed by atoms with van der Waals surface area (Å²) in [6.45, 7) is 18.5. The van der Waals surface area contributed by atoms with Gasteiger partial charge in [0.15, 0.2) is 5.78 Å². The summed E-state index contributed by atoms with van der Waals surface area (Å²) >= 11 is 0. The van der Waals surface area contributed by atoms with Crippen molar-refractivity contribution in [3.8, 4) is 55.6 Å². The van der Waals surface area contributed by atoms with E-state index in [0.29, 0.717) is 0 Å². The molecule has 0 bridgehead atoms. The van der Waals surface area contributed by atoms with Crippen LogP contribution >= 0.6 is 0 Å². The zero-order valence-corrected chi connectivity index (χ0v) is 45.9. The number of aryl methyl sites for hydroxylation is 2. The van der Waals surface area contributed by atoms with Crippen LogP contribution in [0.2, 0.25) is 0 Å². The van der Waals surface area contributed by atoms with Gasteiger partial charge in [0.1, 0.15) is 0 Å². The molecule has 11 aromatic rings. The number of hydrogen-bond donors (Lipinski definition) is 0. The van der Waals surface area contributed by atoms with E-state index in [0.717, 1.165) is 50.7 Å². The van der Waals surface area contributed by atoms with Gasteiger partial charge in [-0.2, -0.15) is 0 Å². The molecule has 0 unspecified atom stereocenters. The number of ketones is 1. The van der Waals surface area contributed by atoms with Gasteiger partial charge < -0.3 is 9.80 Å². The Kier molecular flexibility index (Phi) is 9.62. The van der Waals surface area contributed by atoms with Crippen molar-refractivity contribution >= 4 is 55.8 Å². The summed E-state index contributed by atoms with van der Waals surface area (Å²) in [5.74, 6) is 0.0596. The highest BCUT2D eigenvalue weighted by Crippen LogP contribution is 2.61. The maximum absolute atomic E-state index is 15.7. The minimum absolute atomic E-state index is 0.0596. The molecule has 0 atom stereocenters. The van der Waals surface area contributed by atoms with Gasteiger partial charge in [0, 0.05) is 74.0 Å². The van der Waals surface area contributed by atoms with Crippen LogP contribution in [-0.2, 0) is 16.2 Å². The maximum atomic E-state index is 15.7. The van der Waals surface area contributed by atoms with Crippen LogP contribution < -0.4 is 9.80 Å². The van der Waals surface area contributed by atoms with E-state index in [1.807, 2.05) is 0 Å². The molecule has 15 rings (SSSR count). The van der Waals surface area contributed by atoms with E-state index in [2.05, 4.69) is 272 Å². The van der Waals surface area contributed by atoms with Gasteiger partial charge in [-0.1, -0.05) is 192 Å². The average molecular weight is 1010 g/mol. The standard InChI is InChI=1S/C75H60N2O/c1-43-22-28-48(29-23-43)77(50-31-34-56-64(41-50)74(5,6)62-36-27-46-17-11-13-19-52(46)68(56)62)49-30-33-53-58(40-49)72(78)59-42-66(70-54-20-14-15-21-60(54)75(7,8)71(70)69(53)59)76(9)65-37-24-44(2)38-57(65)47-25-32-55-63(39-47)73(3,4)61-35-26-45-16-10-12-18-51(45)67(55)61/h10-42H,1-9H3. The molecule has 4 aliphatic rings. The predicted molar refractivity (Wildman–Crippen MR) is 327 cm³/mol. The number of benzene rings is 11. The van der Waals surface area contributed by atoms with E-state index in [1.165, 1.54) is 111 Å². The third-order valence-corrected chi connectivity index (χ3v) is 18.7. The van der Waals surface area contributed by atoms with Crippen LogP contribution in [-0.4, -0.2) is 12.8 Å². The molecule has 3 heteroatoms. The first kappa shape index (κ1) is 46.5. The van der Waals surface area contributed by atoms with Crippen molar-refractivity contribution in [3.05, 3.63) is 256 Å². The third-order valence-electron chi connectivity index (χ3n) is 18.7. The van der Waals surface area contributed by atoms with Crippen LogP contribution in [0.4, 0.5) is 28.4 Å². The van der Waals surface area contributed by atoms with Crippen LogP contribution in [0.25, 0.3) is 77.2 Å². The van der Waals surface area contributed by atoms with Crippen molar-refractivity contribution in [2.75, 3.05) is 16.8 Å². The molecule has 0 radical (unpaired) electrons. The number of anilines is 5. The second-order valence-corrected chi connectivity index (χ2v) is 24.2. The van der Waals surface area contributed by atoms with Gasteiger partial charge in [0.05, 0.1) is 0 Å². The summed E-state index contributed by atoms with van der Waals surface area (Å²) < 4.78 is 0.